The summed E-state index contributed by atoms with van der Waals surface area (Å²) in [7, 11) is 0. The summed E-state index contributed by atoms with van der Waals surface area (Å²) in [6.07, 6.45) is 0.448. The summed E-state index contributed by atoms with van der Waals surface area (Å²) in [5, 5.41) is 0. The van der Waals surface area contributed by atoms with Gasteiger partial charge >= 0.3 is 6.16 Å². The van der Waals surface area contributed by atoms with Crippen LogP contribution < -0.4 is 0 Å². The minimum absolute atomic E-state index is 0.261. The van der Waals surface area contributed by atoms with E-state index in [4.69, 9.17) is 9.47 Å². The molecule has 0 aliphatic rings. The molecule has 0 aromatic heterocycles. The van der Waals surface area contributed by atoms with Gasteiger partial charge in [-0.25, -0.2) is 4.79 Å². The Balaban J connectivity index is 3.85. The molecule has 0 heterocycles. The number of hydrogen-bond donors (Lipinski definition) is 0. The molecule has 0 aliphatic heterocycles. The molecule has 96 valence electrons. The minimum Gasteiger partial charge on any atom is -0.434 e. The Morgan fingerprint density at radius 3 is 2.00 bits per heavy atom. The molecule has 0 spiro atoms. The van der Waals surface area contributed by atoms with Crippen molar-refractivity contribution >= 4 is 6.16 Å². The van der Waals surface area contributed by atoms with Crippen LogP contribution in [0.15, 0.2) is 0 Å². The molecule has 0 aromatic rings. The van der Waals surface area contributed by atoms with Gasteiger partial charge in [0.25, 0.3) is 0 Å². The Morgan fingerprint density at radius 2 is 1.62 bits per heavy atom. The Bertz CT molecular complexity index is 220. The van der Waals surface area contributed by atoms with Crippen molar-refractivity contribution < 1.29 is 14.3 Å². The van der Waals surface area contributed by atoms with Gasteiger partial charge < -0.3 is 9.47 Å². The zero-order valence-corrected chi connectivity index (χ0v) is 11.7. The highest BCUT2D eigenvalue weighted by molar-refractivity contribution is 5.60. The van der Waals surface area contributed by atoms with Crippen LogP contribution in [-0.4, -0.2) is 18.4 Å². The lowest BCUT2D eigenvalue weighted by Crippen LogP contribution is -2.26. The quantitative estimate of drug-likeness (QED) is 0.687. The largest absolute Gasteiger partial charge is 0.508 e. The third kappa shape index (κ3) is 9.81. The Kier molecular flexibility index (Phi) is 5.30. The lowest BCUT2D eigenvalue weighted by atomic mass is 9.86. The summed E-state index contributed by atoms with van der Waals surface area (Å²) in [6, 6.07) is 0. The number of hydrogen-bond acceptors (Lipinski definition) is 3. The maximum Gasteiger partial charge on any atom is 0.508 e. The van der Waals surface area contributed by atoms with Crippen LogP contribution in [0.3, 0.4) is 0 Å². The van der Waals surface area contributed by atoms with E-state index in [1.54, 1.807) is 0 Å². The number of carbonyl (C=O) groups is 1. The van der Waals surface area contributed by atoms with E-state index in [0.717, 1.165) is 6.42 Å². The van der Waals surface area contributed by atoms with Crippen LogP contribution in [0.5, 0.6) is 0 Å². The molecule has 1 unspecified atom stereocenters. The normalized spacial score (nSPS) is 14.4. The van der Waals surface area contributed by atoms with Crippen molar-refractivity contribution in [2.75, 3.05) is 6.61 Å². The van der Waals surface area contributed by atoms with Crippen LogP contribution in [0.4, 0.5) is 4.79 Å². The van der Waals surface area contributed by atoms with E-state index >= 15 is 0 Å². The summed E-state index contributed by atoms with van der Waals surface area (Å²) >= 11 is 0. The highest BCUT2D eigenvalue weighted by Crippen LogP contribution is 2.24. The van der Waals surface area contributed by atoms with E-state index in [1.807, 2.05) is 20.8 Å². The molecule has 3 heteroatoms. The monoisotopic (exact) mass is 230 g/mol. The van der Waals surface area contributed by atoms with Gasteiger partial charge in [-0.2, -0.15) is 0 Å². The first-order chi connectivity index (χ1) is 6.99. The van der Waals surface area contributed by atoms with Crippen LogP contribution >= 0.6 is 0 Å². The van der Waals surface area contributed by atoms with Crippen molar-refractivity contribution in [1.29, 1.82) is 0 Å². The van der Waals surface area contributed by atoms with Crippen molar-refractivity contribution in [3.63, 3.8) is 0 Å². The molecule has 0 aliphatic carbocycles. The molecule has 0 amide bonds. The SMILES string of the molecule is CC(COC(=O)OC(C)(C)C)CC(C)(C)C. The lowest BCUT2D eigenvalue weighted by Gasteiger charge is -2.24. The van der Waals surface area contributed by atoms with Gasteiger partial charge in [0.2, 0.25) is 0 Å². The minimum atomic E-state index is -0.576. The third-order valence-electron chi connectivity index (χ3n) is 1.84. The van der Waals surface area contributed by atoms with Gasteiger partial charge in [0, 0.05) is 0 Å². The standard InChI is InChI=1S/C13H26O3/c1-10(8-12(2,3)4)9-15-11(14)16-13(5,6)7/h10H,8-9H2,1-7H3. The van der Waals surface area contributed by atoms with Crippen molar-refractivity contribution in [2.45, 2.75) is 60.5 Å². The molecule has 0 aromatic carbocycles. The molecule has 0 rings (SSSR count). The van der Waals surface area contributed by atoms with Crippen molar-refractivity contribution in [1.82, 2.24) is 0 Å². The second-order valence-electron chi connectivity index (χ2n) is 6.65. The molecule has 0 saturated heterocycles. The molecule has 3 nitrogen and oxygen atoms in total. The van der Waals surface area contributed by atoms with E-state index in [0.29, 0.717) is 12.5 Å². The second-order valence-corrected chi connectivity index (χ2v) is 6.65. The van der Waals surface area contributed by atoms with E-state index in [9.17, 15) is 4.79 Å². The molecule has 0 N–H and O–H groups in total. The topological polar surface area (TPSA) is 35.5 Å². The molecule has 0 fully saturated rings. The van der Waals surface area contributed by atoms with Crippen LogP contribution in [0.25, 0.3) is 0 Å². The molecule has 1 atom stereocenters. The summed E-state index contributed by atoms with van der Waals surface area (Å²) < 4.78 is 10.1. The van der Waals surface area contributed by atoms with E-state index < -0.39 is 11.8 Å². The molecule has 0 radical (unpaired) electrons. The van der Waals surface area contributed by atoms with Crippen molar-refractivity contribution in [3.8, 4) is 0 Å². The van der Waals surface area contributed by atoms with Gasteiger partial charge in [0.15, 0.2) is 0 Å². The van der Waals surface area contributed by atoms with Gasteiger partial charge in [-0.1, -0.05) is 27.7 Å². The summed E-state index contributed by atoms with van der Waals surface area (Å²) in [5.41, 5.74) is -0.221. The Hall–Kier alpha value is -0.730. The fraction of sp³-hybridized carbons (Fsp3) is 0.923. The number of ether oxygens (including phenoxy) is 2. The summed E-state index contributed by atoms with van der Waals surface area (Å²) in [4.78, 5) is 11.3. The van der Waals surface area contributed by atoms with Gasteiger partial charge in [-0.3, -0.25) is 0 Å². The van der Waals surface area contributed by atoms with Gasteiger partial charge in [0.1, 0.15) is 5.60 Å². The summed E-state index contributed by atoms with van der Waals surface area (Å²) in [6.45, 7) is 14.5. The first-order valence-electron chi connectivity index (χ1n) is 5.85. The maximum absolute atomic E-state index is 11.3. The third-order valence-corrected chi connectivity index (χ3v) is 1.84. The molecular weight excluding hydrogens is 204 g/mol. The predicted octanol–water partition coefficient (Wildman–Crippen LogP) is 4.01. The second kappa shape index (κ2) is 5.55. The first-order valence-corrected chi connectivity index (χ1v) is 5.85. The lowest BCUT2D eigenvalue weighted by molar-refractivity contribution is -0.0143. The van der Waals surface area contributed by atoms with Crippen LogP contribution in [0, 0.1) is 11.3 Å². The highest BCUT2D eigenvalue weighted by Gasteiger charge is 2.20. The van der Waals surface area contributed by atoms with Crippen LogP contribution in [-0.2, 0) is 9.47 Å². The zero-order valence-electron chi connectivity index (χ0n) is 11.7. The fourth-order valence-corrected chi connectivity index (χ4v) is 1.59. The molecule has 0 saturated carbocycles. The van der Waals surface area contributed by atoms with Gasteiger partial charge in [0.05, 0.1) is 6.61 Å². The van der Waals surface area contributed by atoms with E-state index in [-0.39, 0.29) is 5.41 Å². The van der Waals surface area contributed by atoms with Gasteiger partial charge in [-0.05, 0) is 38.5 Å². The van der Waals surface area contributed by atoms with Crippen molar-refractivity contribution in [2.24, 2.45) is 11.3 Å². The summed E-state index contributed by atoms with van der Waals surface area (Å²) in [5.74, 6) is 0.354. The Morgan fingerprint density at radius 1 is 1.12 bits per heavy atom. The molecule has 0 bridgehead atoms. The fourth-order valence-electron chi connectivity index (χ4n) is 1.59. The molecule has 16 heavy (non-hydrogen) atoms. The predicted molar refractivity (Wildman–Crippen MR) is 65.4 cm³/mol. The average molecular weight is 230 g/mol. The van der Waals surface area contributed by atoms with E-state index in [2.05, 4.69) is 27.7 Å². The van der Waals surface area contributed by atoms with Gasteiger partial charge in [-0.15, -0.1) is 0 Å². The Labute approximate surface area is 99.5 Å². The van der Waals surface area contributed by atoms with Crippen LogP contribution in [0.1, 0.15) is 54.9 Å². The average Bonchev–Trinajstić information content (AvgIpc) is 1.94. The smallest absolute Gasteiger partial charge is 0.434 e. The molecular formula is C13H26O3. The highest BCUT2D eigenvalue weighted by atomic mass is 16.7. The number of carbonyl (C=O) groups excluding carboxylic acids is 1. The zero-order chi connectivity index (χ0) is 13.0. The maximum atomic E-state index is 11.3. The number of rotatable bonds is 3. The van der Waals surface area contributed by atoms with Crippen LogP contribution in [0.2, 0.25) is 0 Å². The first kappa shape index (κ1) is 15.3. The van der Waals surface area contributed by atoms with E-state index in [1.165, 1.54) is 0 Å². The van der Waals surface area contributed by atoms with Crippen molar-refractivity contribution in [3.05, 3.63) is 0 Å².